The van der Waals surface area contributed by atoms with Gasteiger partial charge in [-0.2, -0.15) is 8.42 Å². The highest BCUT2D eigenvalue weighted by Crippen LogP contribution is 2.17. The molecule has 0 radical (unpaired) electrons. The zero-order valence-electron chi connectivity index (χ0n) is 16.7. The Bertz CT molecular complexity index is 888. The third-order valence-corrected chi connectivity index (χ3v) is 4.38. The van der Waals surface area contributed by atoms with Crippen LogP contribution in [0.1, 0.15) is 25.0 Å². The lowest BCUT2D eigenvalue weighted by atomic mass is 10.1. The highest BCUT2D eigenvalue weighted by Gasteiger charge is 2.20. The lowest BCUT2D eigenvalue weighted by molar-refractivity contribution is -0.153. The summed E-state index contributed by atoms with van der Waals surface area (Å²) in [7, 11) is -3.53. The van der Waals surface area contributed by atoms with E-state index in [2.05, 4.69) is 0 Å². The number of ether oxygens (including phenoxy) is 2. The molecule has 0 aromatic heterocycles. The topological polar surface area (TPSA) is 99.1 Å². The van der Waals surface area contributed by atoms with E-state index in [4.69, 9.17) is 13.7 Å². The Morgan fingerprint density at radius 1 is 0.966 bits per heavy atom. The zero-order valence-corrected chi connectivity index (χ0v) is 17.5. The molecule has 2 rings (SSSR count). The first-order chi connectivity index (χ1) is 13.6. The summed E-state index contributed by atoms with van der Waals surface area (Å²) in [6.45, 7) is 4.05. The summed E-state index contributed by atoms with van der Waals surface area (Å²) in [5.41, 5.74) is 1.84. The van der Waals surface area contributed by atoms with Gasteiger partial charge >= 0.3 is 16.1 Å². The van der Waals surface area contributed by atoms with Crippen molar-refractivity contribution in [3.63, 3.8) is 0 Å². The molecule has 1 unspecified atom stereocenters. The molecular formula is C21H26O7S. The summed E-state index contributed by atoms with van der Waals surface area (Å²) < 4.78 is 38.1. The minimum Gasteiger partial charge on any atom is -0.493 e. The number of hydrogen-bond donors (Lipinski definition) is 1. The Kier molecular flexibility index (Phi) is 8.04. The van der Waals surface area contributed by atoms with E-state index in [1.807, 2.05) is 12.1 Å². The van der Waals surface area contributed by atoms with Crippen molar-refractivity contribution in [2.75, 3.05) is 12.9 Å². The fourth-order valence-electron chi connectivity index (χ4n) is 2.63. The van der Waals surface area contributed by atoms with Crippen LogP contribution in [0.15, 0.2) is 48.5 Å². The van der Waals surface area contributed by atoms with Crippen molar-refractivity contribution in [1.82, 2.24) is 0 Å². The number of carbonyl (C=O) groups is 1. The number of hydrogen-bond acceptors (Lipinski definition) is 6. The third-order valence-electron chi connectivity index (χ3n) is 3.89. The normalized spacial score (nSPS) is 12.6. The van der Waals surface area contributed by atoms with Crippen LogP contribution in [0.2, 0.25) is 0 Å². The molecule has 7 nitrogen and oxygen atoms in total. The molecule has 158 valence electrons. The van der Waals surface area contributed by atoms with Crippen LogP contribution in [0.3, 0.4) is 0 Å². The number of rotatable bonds is 11. The highest BCUT2D eigenvalue weighted by molar-refractivity contribution is 7.86. The maximum absolute atomic E-state index is 11.3. The van der Waals surface area contributed by atoms with Gasteiger partial charge in [0.25, 0.3) is 0 Å². The number of carboxylic acids is 1. The van der Waals surface area contributed by atoms with Gasteiger partial charge in [-0.1, -0.05) is 24.3 Å². The average molecular weight is 422 g/mol. The number of carboxylic acid groups (broad SMARTS) is 1. The molecule has 0 saturated carbocycles. The van der Waals surface area contributed by atoms with E-state index >= 15 is 0 Å². The Morgan fingerprint density at radius 3 is 2.03 bits per heavy atom. The van der Waals surface area contributed by atoms with Crippen LogP contribution >= 0.6 is 0 Å². The maximum atomic E-state index is 11.3. The molecule has 1 atom stereocenters. The van der Waals surface area contributed by atoms with Crippen molar-refractivity contribution in [3.8, 4) is 11.5 Å². The van der Waals surface area contributed by atoms with Gasteiger partial charge in [-0.05, 0) is 49.2 Å². The fraction of sp³-hybridized carbons (Fsp3) is 0.381. The van der Waals surface area contributed by atoms with Gasteiger partial charge in [-0.25, -0.2) is 4.79 Å². The molecule has 0 aliphatic heterocycles. The molecule has 29 heavy (non-hydrogen) atoms. The van der Waals surface area contributed by atoms with Gasteiger partial charge in [0.2, 0.25) is 0 Å². The van der Waals surface area contributed by atoms with Crippen LogP contribution in [-0.4, -0.2) is 44.6 Å². The molecule has 2 aromatic carbocycles. The van der Waals surface area contributed by atoms with E-state index in [9.17, 15) is 18.3 Å². The molecule has 0 aliphatic carbocycles. The summed E-state index contributed by atoms with van der Waals surface area (Å²) in [5, 5.41) is 9.25. The quantitative estimate of drug-likeness (QED) is 0.556. The second-order valence-corrected chi connectivity index (χ2v) is 8.46. The third kappa shape index (κ3) is 8.53. The molecule has 0 aliphatic rings. The minimum absolute atomic E-state index is 0.161. The number of aliphatic carboxylic acids is 1. The van der Waals surface area contributed by atoms with Crippen molar-refractivity contribution in [3.05, 3.63) is 59.7 Å². The molecule has 8 heteroatoms. The Labute approximate surface area is 171 Å². The monoisotopic (exact) mass is 422 g/mol. The van der Waals surface area contributed by atoms with Crippen molar-refractivity contribution in [1.29, 1.82) is 0 Å². The van der Waals surface area contributed by atoms with Gasteiger partial charge < -0.3 is 18.8 Å². The second-order valence-electron chi connectivity index (χ2n) is 6.89. The van der Waals surface area contributed by atoms with Gasteiger partial charge in [0, 0.05) is 12.8 Å². The molecule has 0 bridgehead atoms. The van der Waals surface area contributed by atoms with Crippen LogP contribution < -0.4 is 8.92 Å². The molecule has 2 aromatic rings. The summed E-state index contributed by atoms with van der Waals surface area (Å²) in [4.78, 5) is 11.3. The van der Waals surface area contributed by atoms with Crippen molar-refractivity contribution < 1.29 is 32.0 Å². The van der Waals surface area contributed by atoms with E-state index in [-0.39, 0.29) is 18.3 Å². The van der Waals surface area contributed by atoms with E-state index in [0.717, 1.165) is 17.4 Å². The van der Waals surface area contributed by atoms with Crippen LogP contribution in [0.25, 0.3) is 0 Å². The van der Waals surface area contributed by atoms with Gasteiger partial charge in [0.05, 0.1) is 19.0 Å². The highest BCUT2D eigenvalue weighted by atomic mass is 32.2. The molecule has 0 spiro atoms. The lowest BCUT2D eigenvalue weighted by Crippen LogP contribution is -2.29. The van der Waals surface area contributed by atoms with Gasteiger partial charge in [0.15, 0.2) is 6.10 Å². The van der Waals surface area contributed by atoms with Crippen LogP contribution in [0, 0.1) is 0 Å². The van der Waals surface area contributed by atoms with E-state index < -0.39 is 22.2 Å². The van der Waals surface area contributed by atoms with Crippen LogP contribution in [0.4, 0.5) is 0 Å². The summed E-state index contributed by atoms with van der Waals surface area (Å²) in [5.74, 6) is -0.0247. The van der Waals surface area contributed by atoms with Crippen molar-refractivity contribution in [2.24, 2.45) is 0 Å². The largest absolute Gasteiger partial charge is 0.493 e. The summed E-state index contributed by atoms with van der Waals surface area (Å²) in [6, 6.07) is 14.0. The van der Waals surface area contributed by atoms with E-state index in [1.165, 1.54) is 0 Å². The molecular weight excluding hydrogens is 396 g/mol. The number of benzene rings is 2. The molecule has 0 amide bonds. The van der Waals surface area contributed by atoms with Gasteiger partial charge in [0.1, 0.15) is 11.5 Å². The molecule has 0 fully saturated rings. The fourth-order valence-corrected chi connectivity index (χ4v) is 3.09. The zero-order chi connectivity index (χ0) is 21.4. The van der Waals surface area contributed by atoms with Crippen LogP contribution in [-0.2, 0) is 32.5 Å². The lowest BCUT2D eigenvalue weighted by Gasteiger charge is -2.16. The van der Waals surface area contributed by atoms with Gasteiger partial charge in [-0.15, -0.1) is 0 Å². The summed E-state index contributed by atoms with van der Waals surface area (Å²) in [6.07, 6.45) is 0.890. The average Bonchev–Trinajstić information content (AvgIpc) is 2.62. The smallest absolute Gasteiger partial charge is 0.333 e. The van der Waals surface area contributed by atoms with Crippen molar-refractivity contribution in [2.45, 2.75) is 38.9 Å². The van der Waals surface area contributed by atoms with Crippen LogP contribution in [0.5, 0.6) is 11.5 Å². The second kappa shape index (κ2) is 10.3. The Balaban J connectivity index is 1.83. The first-order valence-electron chi connectivity index (χ1n) is 9.21. The standard InChI is InChI=1S/C21H26O7S/c1-15(2)27-20(21(22)23)14-17-6-8-18(9-7-17)26-13-12-16-4-10-19(11-5-16)28-29(3,24)25/h4-11,15,20H,12-14H2,1-3H3,(H,22,23). The molecule has 1 N–H and O–H groups in total. The summed E-state index contributed by atoms with van der Waals surface area (Å²) >= 11 is 0. The van der Waals surface area contributed by atoms with E-state index in [0.29, 0.717) is 18.8 Å². The SMILES string of the molecule is CC(C)OC(Cc1ccc(OCCc2ccc(OS(C)(=O)=O)cc2)cc1)C(=O)O. The van der Waals surface area contributed by atoms with E-state index in [1.54, 1.807) is 50.2 Å². The first kappa shape index (κ1) is 22.7. The predicted molar refractivity (Wildman–Crippen MR) is 109 cm³/mol. The Morgan fingerprint density at radius 2 is 1.52 bits per heavy atom. The van der Waals surface area contributed by atoms with Crippen molar-refractivity contribution >= 4 is 16.1 Å². The first-order valence-corrected chi connectivity index (χ1v) is 11.0. The predicted octanol–water partition coefficient (Wildman–Crippen LogP) is 3.07. The Hall–Kier alpha value is -2.58. The van der Waals surface area contributed by atoms with Gasteiger partial charge in [-0.3, -0.25) is 0 Å². The minimum atomic E-state index is -3.53. The molecule has 0 heterocycles. The maximum Gasteiger partial charge on any atom is 0.333 e. The molecule has 0 saturated heterocycles.